The van der Waals surface area contributed by atoms with E-state index < -0.39 is 0 Å². The molecule has 1 aromatic carbocycles. The Kier molecular flexibility index (Phi) is 4.93. The standard InChI is InChI=1S/C16H21N3O/c1-2-3-4-7-10-20-15-11-13(16(17)18)12-8-5-6-9-14(12)19-15/h5-6,8-9,11H,2-4,7,10H2,1H3,(H3,17,18). The highest BCUT2D eigenvalue weighted by atomic mass is 16.5. The molecular formula is C16H21N3O. The van der Waals surface area contributed by atoms with Crippen molar-refractivity contribution in [3.8, 4) is 5.88 Å². The molecule has 1 heterocycles. The minimum atomic E-state index is 0.0411. The summed E-state index contributed by atoms with van der Waals surface area (Å²) in [6.45, 7) is 2.84. The van der Waals surface area contributed by atoms with Gasteiger partial charge in [-0.1, -0.05) is 44.4 Å². The molecular weight excluding hydrogens is 250 g/mol. The monoisotopic (exact) mass is 271 g/mol. The number of nitrogen functional groups attached to an aromatic ring is 1. The molecule has 4 nitrogen and oxygen atoms in total. The van der Waals surface area contributed by atoms with Gasteiger partial charge in [0, 0.05) is 17.0 Å². The van der Waals surface area contributed by atoms with Crippen molar-refractivity contribution >= 4 is 16.7 Å². The van der Waals surface area contributed by atoms with Crippen molar-refractivity contribution in [2.75, 3.05) is 6.61 Å². The van der Waals surface area contributed by atoms with Crippen molar-refractivity contribution in [3.63, 3.8) is 0 Å². The van der Waals surface area contributed by atoms with Crippen LogP contribution in [0.25, 0.3) is 10.9 Å². The number of fused-ring (bicyclic) bond motifs is 1. The minimum Gasteiger partial charge on any atom is -0.478 e. The quantitative estimate of drug-likeness (QED) is 0.460. The molecule has 0 aliphatic carbocycles. The topological polar surface area (TPSA) is 72.0 Å². The van der Waals surface area contributed by atoms with Crippen molar-refractivity contribution < 1.29 is 4.74 Å². The molecule has 0 spiro atoms. The van der Waals surface area contributed by atoms with Gasteiger partial charge in [-0.25, -0.2) is 4.98 Å². The average molecular weight is 271 g/mol. The second-order valence-electron chi connectivity index (χ2n) is 4.85. The first-order chi connectivity index (χ1) is 9.72. The molecule has 1 aromatic heterocycles. The number of hydrogen-bond donors (Lipinski definition) is 2. The molecule has 0 bridgehead atoms. The van der Waals surface area contributed by atoms with E-state index in [4.69, 9.17) is 15.9 Å². The number of pyridine rings is 1. The van der Waals surface area contributed by atoms with E-state index in [1.807, 2.05) is 24.3 Å². The van der Waals surface area contributed by atoms with Gasteiger partial charge in [0.25, 0.3) is 0 Å². The van der Waals surface area contributed by atoms with Gasteiger partial charge in [0.1, 0.15) is 5.84 Å². The number of para-hydroxylation sites is 1. The fourth-order valence-electron chi connectivity index (χ4n) is 2.15. The summed E-state index contributed by atoms with van der Waals surface area (Å²) in [5.41, 5.74) is 7.13. The van der Waals surface area contributed by atoms with Gasteiger partial charge >= 0.3 is 0 Å². The van der Waals surface area contributed by atoms with Crippen LogP contribution in [0.1, 0.15) is 38.2 Å². The first-order valence-corrected chi connectivity index (χ1v) is 7.09. The van der Waals surface area contributed by atoms with Crippen molar-refractivity contribution in [2.24, 2.45) is 5.73 Å². The zero-order valence-corrected chi connectivity index (χ0v) is 11.9. The number of nitrogens with two attached hydrogens (primary N) is 1. The minimum absolute atomic E-state index is 0.0411. The Morgan fingerprint density at radius 1 is 1.25 bits per heavy atom. The van der Waals surface area contributed by atoms with Crippen LogP contribution in [-0.4, -0.2) is 17.4 Å². The molecule has 2 aromatic rings. The van der Waals surface area contributed by atoms with E-state index in [2.05, 4.69) is 11.9 Å². The summed E-state index contributed by atoms with van der Waals surface area (Å²) in [6, 6.07) is 9.42. The largest absolute Gasteiger partial charge is 0.478 e. The predicted molar refractivity (Wildman–Crippen MR) is 82.4 cm³/mol. The van der Waals surface area contributed by atoms with E-state index in [0.717, 1.165) is 17.3 Å². The summed E-state index contributed by atoms with van der Waals surface area (Å²) >= 11 is 0. The van der Waals surface area contributed by atoms with Crippen LogP contribution in [0, 0.1) is 5.41 Å². The smallest absolute Gasteiger partial charge is 0.214 e. The van der Waals surface area contributed by atoms with E-state index in [9.17, 15) is 0 Å². The highest BCUT2D eigenvalue weighted by Crippen LogP contribution is 2.21. The summed E-state index contributed by atoms with van der Waals surface area (Å²) in [6.07, 6.45) is 4.64. The summed E-state index contributed by atoms with van der Waals surface area (Å²) < 4.78 is 5.69. The van der Waals surface area contributed by atoms with Crippen LogP contribution in [-0.2, 0) is 0 Å². The maximum Gasteiger partial charge on any atom is 0.214 e. The molecule has 4 heteroatoms. The number of hydrogen-bond acceptors (Lipinski definition) is 3. The Morgan fingerprint density at radius 2 is 2.05 bits per heavy atom. The van der Waals surface area contributed by atoms with Gasteiger partial charge in [0.2, 0.25) is 5.88 Å². The van der Waals surface area contributed by atoms with Crippen LogP contribution < -0.4 is 10.5 Å². The number of nitrogens with one attached hydrogen (secondary N) is 1. The molecule has 3 N–H and O–H groups in total. The molecule has 0 amide bonds. The lowest BCUT2D eigenvalue weighted by Gasteiger charge is -2.09. The third-order valence-corrected chi connectivity index (χ3v) is 3.23. The summed E-state index contributed by atoms with van der Waals surface area (Å²) in [5.74, 6) is 0.588. The van der Waals surface area contributed by atoms with Crippen molar-refractivity contribution in [1.29, 1.82) is 5.41 Å². The molecule has 0 aliphatic rings. The van der Waals surface area contributed by atoms with Gasteiger partial charge < -0.3 is 10.5 Å². The van der Waals surface area contributed by atoms with Crippen LogP contribution in [0.3, 0.4) is 0 Å². The normalized spacial score (nSPS) is 10.7. The lowest BCUT2D eigenvalue weighted by molar-refractivity contribution is 0.295. The molecule has 0 fully saturated rings. The molecule has 2 rings (SSSR count). The number of unbranched alkanes of at least 4 members (excludes halogenated alkanes) is 3. The van der Waals surface area contributed by atoms with E-state index in [0.29, 0.717) is 18.1 Å². The van der Waals surface area contributed by atoms with E-state index in [-0.39, 0.29) is 5.84 Å². The predicted octanol–water partition coefficient (Wildman–Crippen LogP) is 3.48. The van der Waals surface area contributed by atoms with Crippen LogP contribution in [0.4, 0.5) is 0 Å². The zero-order valence-electron chi connectivity index (χ0n) is 11.9. The number of aromatic nitrogens is 1. The van der Waals surface area contributed by atoms with Gasteiger partial charge in [-0.2, -0.15) is 0 Å². The highest BCUT2D eigenvalue weighted by Gasteiger charge is 2.08. The average Bonchev–Trinajstić information content (AvgIpc) is 2.46. The number of nitrogens with zero attached hydrogens (tertiary/aromatic N) is 1. The van der Waals surface area contributed by atoms with Crippen LogP contribution >= 0.6 is 0 Å². The number of ether oxygens (including phenoxy) is 1. The lowest BCUT2D eigenvalue weighted by Crippen LogP contribution is -2.12. The molecule has 0 aliphatic heterocycles. The maximum absolute atomic E-state index is 7.68. The number of benzene rings is 1. The second-order valence-corrected chi connectivity index (χ2v) is 4.85. The van der Waals surface area contributed by atoms with Crippen molar-refractivity contribution in [1.82, 2.24) is 4.98 Å². The van der Waals surface area contributed by atoms with Gasteiger partial charge in [0.05, 0.1) is 12.1 Å². The van der Waals surface area contributed by atoms with Gasteiger partial charge in [0.15, 0.2) is 0 Å². The summed E-state index contributed by atoms with van der Waals surface area (Å²) in [7, 11) is 0. The Morgan fingerprint density at radius 3 is 2.80 bits per heavy atom. The van der Waals surface area contributed by atoms with Crippen molar-refractivity contribution in [2.45, 2.75) is 32.6 Å². The molecule has 0 atom stereocenters. The van der Waals surface area contributed by atoms with E-state index in [1.165, 1.54) is 19.3 Å². The SMILES string of the molecule is CCCCCCOc1cc(C(=N)N)c2ccccc2n1. The van der Waals surface area contributed by atoms with E-state index >= 15 is 0 Å². The fraction of sp³-hybridized carbons (Fsp3) is 0.375. The van der Waals surface area contributed by atoms with E-state index in [1.54, 1.807) is 6.07 Å². The molecule has 0 unspecified atom stereocenters. The Balaban J connectivity index is 2.15. The summed E-state index contributed by atoms with van der Waals surface area (Å²) in [4.78, 5) is 4.46. The zero-order chi connectivity index (χ0) is 14.4. The lowest BCUT2D eigenvalue weighted by atomic mass is 10.1. The molecule has 106 valence electrons. The molecule has 0 radical (unpaired) electrons. The van der Waals surface area contributed by atoms with Crippen LogP contribution in [0.2, 0.25) is 0 Å². The molecule has 0 saturated heterocycles. The first kappa shape index (κ1) is 14.3. The Labute approximate surface area is 119 Å². The van der Waals surface area contributed by atoms with Gasteiger partial charge in [-0.15, -0.1) is 0 Å². The van der Waals surface area contributed by atoms with Crippen LogP contribution in [0.5, 0.6) is 5.88 Å². The number of amidine groups is 1. The second kappa shape index (κ2) is 6.89. The maximum atomic E-state index is 7.68. The summed E-state index contributed by atoms with van der Waals surface area (Å²) in [5, 5.41) is 8.56. The number of rotatable bonds is 7. The van der Waals surface area contributed by atoms with Gasteiger partial charge in [-0.3, -0.25) is 5.41 Å². The van der Waals surface area contributed by atoms with Crippen LogP contribution in [0.15, 0.2) is 30.3 Å². The first-order valence-electron chi connectivity index (χ1n) is 7.09. The third kappa shape index (κ3) is 3.47. The Bertz CT molecular complexity index is 595. The third-order valence-electron chi connectivity index (χ3n) is 3.23. The fourth-order valence-corrected chi connectivity index (χ4v) is 2.15. The van der Waals surface area contributed by atoms with Gasteiger partial charge in [-0.05, 0) is 12.5 Å². The molecule has 20 heavy (non-hydrogen) atoms. The molecule has 0 saturated carbocycles. The van der Waals surface area contributed by atoms with Crippen molar-refractivity contribution in [3.05, 3.63) is 35.9 Å². The highest BCUT2D eigenvalue weighted by molar-refractivity contribution is 6.06. The Hall–Kier alpha value is -2.10.